The van der Waals surface area contributed by atoms with Crippen molar-refractivity contribution in [2.24, 2.45) is 5.92 Å². The molecule has 5 heteroatoms. The van der Waals surface area contributed by atoms with Crippen LogP contribution in [0, 0.1) is 5.92 Å². The summed E-state index contributed by atoms with van der Waals surface area (Å²) in [6.45, 7) is 3.10. The van der Waals surface area contributed by atoms with Gasteiger partial charge < -0.3 is 15.1 Å². The SMILES string of the molecule is CC1CCN(c2ncc(CO)cn2)C1CO. The van der Waals surface area contributed by atoms with Gasteiger partial charge in [-0.3, -0.25) is 0 Å². The second-order valence-electron chi connectivity index (χ2n) is 4.26. The fourth-order valence-corrected chi connectivity index (χ4v) is 2.11. The van der Waals surface area contributed by atoms with Crippen molar-refractivity contribution in [1.82, 2.24) is 9.97 Å². The summed E-state index contributed by atoms with van der Waals surface area (Å²) in [5, 5.41) is 18.2. The number of aromatic nitrogens is 2. The molecule has 1 aliphatic rings. The van der Waals surface area contributed by atoms with Crippen LogP contribution in [0.5, 0.6) is 0 Å². The lowest BCUT2D eigenvalue weighted by Crippen LogP contribution is -2.36. The van der Waals surface area contributed by atoms with Crippen LogP contribution in [-0.4, -0.2) is 39.4 Å². The smallest absolute Gasteiger partial charge is 0.225 e. The minimum atomic E-state index is -0.0416. The van der Waals surface area contributed by atoms with Gasteiger partial charge in [-0.25, -0.2) is 9.97 Å². The molecule has 0 aliphatic carbocycles. The zero-order chi connectivity index (χ0) is 11.5. The van der Waals surface area contributed by atoms with Gasteiger partial charge in [-0.05, 0) is 12.3 Å². The minimum absolute atomic E-state index is 0.0416. The molecular weight excluding hydrogens is 206 g/mol. The minimum Gasteiger partial charge on any atom is -0.394 e. The van der Waals surface area contributed by atoms with Gasteiger partial charge in [0.25, 0.3) is 0 Å². The zero-order valence-electron chi connectivity index (χ0n) is 9.37. The Kier molecular flexibility index (Phi) is 3.36. The molecule has 0 spiro atoms. The number of aliphatic hydroxyl groups excluding tert-OH is 2. The van der Waals surface area contributed by atoms with E-state index in [1.807, 2.05) is 4.90 Å². The summed E-state index contributed by atoms with van der Waals surface area (Å²) in [7, 11) is 0. The molecule has 88 valence electrons. The van der Waals surface area contributed by atoms with Gasteiger partial charge in [0, 0.05) is 24.5 Å². The van der Waals surface area contributed by atoms with E-state index in [9.17, 15) is 5.11 Å². The van der Waals surface area contributed by atoms with Crippen LogP contribution in [0.1, 0.15) is 18.9 Å². The highest BCUT2D eigenvalue weighted by Gasteiger charge is 2.31. The summed E-state index contributed by atoms with van der Waals surface area (Å²) in [5.41, 5.74) is 0.705. The third-order valence-corrected chi connectivity index (χ3v) is 3.20. The van der Waals surface area contributed by atoms with Gasteiger partial charge in [0.15, 0.2) is 0 Å². The molecule has 1 aromatic heterocycles. The predicted molar refractivity (Wildman–Crippen MR) is 60.0 cm³/mol. The maximum Gasteiger partial charge on any atom is 0.225 e. The van der Waals surface area contributed by atoms with E-state index in [1.165, 1.54) is 0 Å². The third-order valence-electron chi connectivity index (χ3n) is 3.20. The molecule has 0 amide bonds. The molecule has 0 saturated carbocycles. The molecule has 5 nitrogen and oxygen atoms in total. The van der Waals surface area contributed by atoms with Gasteiger partial charge in [-0.15, -0.1) is 0 Å². The molecule has 2 unspecified atom stereocenters. The van der Waals surface area contributed by atoms with E-state index in [0.29, 0.717) is 17.4 Å². The van der Waals surface area contributed by atoms with Crippen LogP contribution in [0.2, 0.25) is 0 Å². The second-order valence-corrected chi connectivity index (χ2v) is 4.26. The topological polar surface area (TPSA) is 69.5 Å². The maximum atomic E-state index is 9.33. The maximum absolute atomic E-state index is 9.33. The van der Waals surface area contributed by atoms with Crippen molar-refractivity contribution in [2.75, 3.05) is 18.1 Å². The average molecular weight is 223 g/mol. The molecule has 1 aliphatic heterocycles. The van der Waals surface area contributed by atoms with Gasteiger partial charge >= 0.3 is 0 Å². The summed E-state index contributed by atoms with van der Waals surface area (Å²) in [4.78, 5) is 10.4. The highest BCUT2D eigenvalue weighted by molar-refractivity contribution is 5.34. The van der Waals surface area contributed by atoms with Crippen LogP contribution in [0.3, 0.4) is 0 Å². The van der Waals surface area contributed by atoms with Gasteiger partial charge in [0.1, 0.15) is 0 Å². The molecule has 2 N–H and O–H groups in total. The van der Waals surface area contributed by atoms with Crippen LogP contribution in [0.25, 0.3) is 0 Å². The highest BCUT2D eigenvalue weighted by Crippen LogP contribution is 2.26. The van der Waals surface area contributed by atoms with E-state index in [-0.39, 0.29) is 19.3 Å². The lowest BCUT2D eigenvalue weighted by molar-refractivity contribution is 0.244. The molecule has 1 aromatic rings. The van der Waals surface area contributed by atoms with Gasteiger partial charge in [0.2, 0.25) is 5.95 Å². The third kappa shape index (κ3) is 2.01. The fourth-order valence-electron chi connectivity index (χ4n) is 2.11. The Bertz CT molecular complexity index is 342. The number of hydrogen-bond donors (Lipinski definition) is 2. The first-order chi connectivity index (χ1) is 7.76. The van der Waals surface area contributed by atoms with Gasteiger partial charge in [0.05, 0.1) is 19.3 Å². The van der Waals surface area contributed by atoms with Crippen molar-refractivity contribution in [3.05, 3.63) is 18.0 Å². The van der Waals surface area contributed by atoms with Crippen LogP contribution in [0.4, 0.5) is 5.95 Å². The number of hydrogen-bond acceptors (Lipinski definition) is 5. The van der Waals surface area contributed by atoms with E-state index in [0.717, 1.165) is 13.0 Å². The Morgan fingerprint density at radius 3 is 2.62 bits per heavy atom. The van der Waals surface area contributed by atoms with Crippen LogP contribution in [-0.2, 0) is 6.61 Å². The molecule has 0 aromatic carbocycles. The van der Waals surface area contributed by atoms with Gasteiger partial charge in [-0.1, -0.05) is 6.92 Å². The molecule has 1 fully saturated rings. The second kappa shape index (κ2) is 4.76. The molecule has 0 bridgehead atoms. The van der Waals surface area contributed by atoms with Crippen LogP contribution >= 0.6 is 0 Å². The normalized spacial score (nSPS) is 25.1. The molecule has 2 rings (SSSR count). The molecule has 0 radical (unpaired) electrons. The molecule has 16 heavy (non-hydrogen) atoms. The lowest BCUT2D eigenvalue weighted by Gasteiger charge is -2.24. The summed E-state index contributed by atoms with van der Waals surface area (Å²) in [5.74, 6) is 1.10. The Hall–Kier alpha value is -1.20. The predicted octanol–water partition coefficient (Wildman–Crippen LogP) is 0.176. The lowest BCUT2D eigenvalue weighted by atomic mass is 10.0. The first kappa shape index (κ1) is 11.3. The highest BCUT2D eigenvalue weighted by atomic mass is 16.3. The number of aliphatic hydroxyl groups is 2. The molecule has 2 atom stereocenters. The number of rotatable bonds is 3. The van der Waals surface area contributed by atoms with Crippen molar-refractivity contribution in [1.29, 1.82) is 0 Å². The molecule has 1 saturated heterocycles. The van der Waals surface area contributed by atoms with E-state index in [1.54, 1.807) is 12.4 Å². The Labute approximate surface area is 94.8 Å². The van der Waals surface area contributed by atoms with Crippen molar-refractivity contribution in [3.8, 4) is 0 Å². The first-order valence-corrected chi connectivity index (χ1v) is 5.55. The number of nitrogens with zero attached hydrogens (tertiary/aromatic N) is 3. The number of anilines is 1. The first-order valence-electron chi connectivity index (χ1n) is 5.55. The molecule has 2 heterocycles. The van der Waals surface area contributed by atoms with Crippen molar-refractivity contribution < 1.29 is 10.2 Å². The monoisotopic (exact) mass is 223 g/mol. The van der Waals surface area contributed by atoms with E-state index in [2.05, 4.69) is 16.9 Å². The Morgan fingerprint density at radius 1 is 1.38 bits per heavy atom. The summed E-state index contributed by atoms with van der Waals surface area (Å²) in [6.07, 6.45) is 4.30. The summed E-state index contributed by atoms with van der Waals surface area (Å²) >= 11 is 0. The standard InChI is InChI=1S/C11H17N3O2/c1-8-2-3-14(10(8)7-16)11-12-4-9(6-15)5-13-11/h4-5,8,10,15-16H,2-3,6-7H2,1H3. The quantitative estimate of drug-likeness (QED) is 0.764. The van der Waals surface area contributed by atoms with Crippen LogP contribution < -0.4 is 4.90 Å². The van der Waals surface area contributed by atoms with E-state index >= 15 is 0 Å². The van der Waals surface area contributed by atoms with Crippen molar-refractivity contribution in [3.63, 3.8) is 0 Å². The van der Waals surface area contributed by atoms with E-state index in [4.69, 9.17) is 5.11 Å². The summed E-state index contributed by atoms with van der Waals surface area (Å²) < 4.78 is 0. The summed E-state index contributed by atoms with van der Waals surface area (Å²) in [6, 6.07) is 0.111. The molecular formula is C11H17N3O2. The average Bonchev–Trinajstić information content (AvgIpc) is 2.70. The largest absolute Gasteiger partial charge is 0.394 e. The van der Waals surface area contributed by atoms with Crippen LogP contribution in [0.15, 0.2) is 12.4 Å². The zero-order valence-corrected chi connectivity index (χ0v) is 9.37. The Morgan fingerprint density at radius 2 is 2.06 bits per heavy atom. The van der Waals surface area contributed by atoms with E-state index < -0.39 is 0 Å². The van der Waals surface area contributed by atoms with Crippen molar-refractivity contribution >= 4 is 5.95 Å². The van der Waals surface area contributed by atoms with Crippen molar-refractivity contribution in [2.45, 2.75) is 26.0 Å². The van der Waals surface area contributed by atoms with Gasteiger partial charge in [-0.2, -0.15) is 0 Å². The fraction of sp³-hybridized carbons (Fsp3) is 0.636. The Balaban J connectivity index is 2.17.